The number of rotatable bonds is 10. The number of aliphatic hydroxyl groups excluding tert-OH is 1. The van der Waals surface area contributed by atoms with Crippen LogP contribution in [0.15, 0.2) is 24.3 Å². The molecule has 1 aromatic carbocycles. The molecule has 0 radical (unpaired) electrons. The molecule has 0 saturated heterocycles. The van der Waals surface area contributed by atoms with Crippen LogP contribution in [-0.4, -0.2) is 26.7 Å². The van der Waals surface area contributed by atoms with Crippen molar-refractivity contribution in [3.8, 4) is 5.75 Å². The summed E-state index contributed by atoms with van der Waals surface area (Å²) in [5, 5.41) is 17.8. The third-order valence-electron chi connectivity index (χ3n) is 3.90. The fraction of sp³-hybridized carbons (Fsp3) is 0.556. The average molecular weight is 317 g/mol. The summed E-state index contributed by atoms with van der Waals surface area (Å²) < 4.78 is 7.41. The predicted octanol–water partition coefficient (Wildman–Crippen LogP) is 3.34. The summed E-state index contributed by atoms with van der Waals surface area (Å²) in [6.07, 6.45) is 5.49. The Balaban J connectivity index is 2.06. The van der Waals surface area contributed by atoms with Gasteiger partial charge in [-0.05, 0) is 31.0 Å². The van der Waals surface area contributed by atoms with E-state index < -0.39 is 0 Å². The molecule has 0 fully saturated rings. The number of benzene rings is 1. The van der Waals surface area contributed by atoms with Crippen LogP contribution in [0.3, 0.4) is 0 Å². The normalized spacial score (nSPS) is 10.9. The van der Waals surface area contributed by atoms with Crippen LogP contribution in [0.2, 0.25) is 0 Å². The number of aryl methyl sites for hydroxylation is 1. The minimum atomic E-state index is -0.0681. The second-order valence-electron chi connectivity index (χ2n) is 5.68. The molecule has 0 saturated carbocycles. The Morgan fingerprint density at radius 3 is 2.52 bits per heavy atom. The van der Waals surface area contributed by atoms with Gasteiger partial charge < -0.3 is 9.84 Å². The van der Waals surface area contributed by atoms with Crippen molar-refractivity contribution in [2.75, 3.05) is 6.61 Å². The molecule has 0 atom stereocenters. The lowest BCUT2D eigenvalue weighted by Crippen LogP contribution is -2.07. The molecule has 126 valence electrons. The number of aliphatic hydroxyl groups is 1. The molecule has 2 aromatic rings. The van der Waals surface area contributed by atoms with E-state index in [9.17, 15) is 5.11 Å². The Hall–Kier alpha value is -1.88. The fourth-order valence-corrected chi connectivity index (χ4v) is 2.62. The molecule has 1 heterocycles. The lowest BCUT2D eigenvalue weighted by molar-refractivity contribution is 0.275. The van der Waals surface area contributed by atoms with Crippen molar-refractivity contribution in [1.29, 1.82) is 0 Å². The molecule has 0 bridgehead atoms. The molecule has 0 unspecified atom stereocenters. The third-order valence-corrected chi connectivity index (χ3v) is 3.90. The molecule has 1 N–H and O–H groups in total. The molecule has 0 aliphatic heterocycles. The number of hydrogen-bond acceptors (Lipinski definition) is 4. The largest absolute Gasteiger partial charge is 0.494 e. The van der Waals surface area contributed by atoms with Gasteiger partial charge in [0.25, 0.3) is 0 Å². The first-order valence-electron chi connectivity index (χ1n) is 8.52. The number of ether oxygens (including phenoxy) is 1. The number of aromatic nitrogens is 3. The first-order chi connectivity index (χ1) is 11.3. The Kier molecular flexibility index (Phi) is 7.07. The van der Waals surface area contributed by atoms with Crippen molar-refractivity contribution in [1.82, 2.24) is 15.0 Å². The van der Waals surface area contributed by atoms with Gasteiger partial charge in [0.1, 0.15) is 11.4 Å². The fourth-order valence-electron chi connectivity index (χ4n) is 2.62. The zero-order valence-electron chi connectivity index (χ0n) is 14.2. The van der Waals surface area contributed by atoms with Crippen molar-refractivity contribution < 1.29 is 9.84 Å². The van der Waals surface area contributed by atoms with E-state index >= 15 is 0 Å². The van der Waals surface area contributed by atoms with Gasteiger partial charge in [-0.15, -0.1) is 5.10 Å². The van der Waals surface area contributed by atoms with Crippen molar-refractivity contribution in [3.05, 3.63) is 41.2 Å². The first-order valence-corrected chi connectivity index (χ1v) is 8.52. The highest BCUT2D eigenvalue weighted by atomic mass is 16.5. The second kappa shape index (κ2) is 9.30. The number of nitrogens with zero attached hydrogens (tertiary/aromatic N) is 3. The summed E-state index contributed by atoms with van der Waals surface area (Å²) in [5.41, 5.74) is 2.85. The van der Waals surface area contributed by atoms with Gasteiger partial charge in [-0.2, -0.15) is 0 Å². The molecule has 5 heteroatoms. The van der Waals surface area contributed by atoms with Crippen molar-refractivity contribution >= 4 is 0 Å². The van der Waals surface area contributed by atoms with Crippen molar-refractivity contribution in [2.45, 2.75) is 59.1 Å². The maximum Gasteiger partial charge on any atom is 0.119 e. The Labute approximate surface area is 138 Å². The smallest absolute Gasteiger partial charge is 0.119 e. The zero-order valence-corrected chi connectivity index (χ0v) is 14.2. The molecule has 0 spiro atoms. The van der Waals surface area contributed by atoms with Gasteiger partial charge in [-0.1, -0.05) is 43.5 Å². The molecule has 2 rings (SSSR count). The monoisotopic (exact) mass is 317 g/mol. The van der Waals surface area contributed by atoms with Crippen LogP contribution >= 0.6 is 0 Å². The van der Waals surface area contributed by atoms with Gasteiger partial charge >= 0.3 is 0 Å². The maximum atomic E-state index is 9.50. The summed E-state index contributed by atoms with van der Waals surface area (Å²) in [5.74, 6) is 0.879. The molecule has 0 amide bonds. The highest BCUT2D eigenvalue weighted by Crippen LogP contribution is 2.17. The molecular formula is C18H27N3O2. The van der Waals surface area contributed by atoms with E-state index in [-0.39, 0.29) is 6.61 Å². The summed E-state index contributed by atoms with van der Waals surface area (Å²) in [6, 6.07) is 8.07. The van der Waals surface area contributed by atoms with E-state index in [2.05, 4.69) is 29.4 Å². The third kappa shape index (κ3) is 5.06. The van der Waals surface area contributed by atoms with Gasteiger partial charge in [-0.25, -0.2) is 4.68 Å². The standard InChI is InChI=1S/C18H27N3O2/c1-3-5-6-7-12-21-18(17(14-22)19-20-21)13-15-8-10-16(11-9-15)23-4-2/h8-11,22H,3-7,12-14H2,1-2H3. The first kappa shape index (κ1) is 17.5. The van der Waals surface area contributed by atoms with Crippen molar-refractivity contribution in [3.63, 3.8) is 0 Å². The number of unbranched alkanes of at least 4 members (excludes halogenated alkanes) is 3. The van der Waals surface area contributed by atoms with Crippen LogP contribution in [-0.2, 0) is 19.6 Å². The Morgan fingerprint density at radius 2 is 1.87 bits per heavy atom. The van der Waals surface area contributed by atoms with Gasteiger partial charge in [0.2, 0.25) is 0 Å². The predicted molar refractivity (Wildman–Crippen MR) is 90.5 cm³/mol. The molecular weight excluding hydrogens is 290 g/mol. The summed E-state index contributed by atoms with van der Waals surface area (Å²) >= 11 is 0. The van der Waals surface area contributed by atoms with Gasteiger partial charge in [-0.3, -0.25) is 0 Å². The van der Waals surface area contributed by atoms with E-state index in [0.717, 1.165) is 30.8 Å². The minimum Gasteiger partial charge on any atom is -0.494 e. The van der Waals surface area contributed by atoms with E-state index in [0.29, 0.717) is 12.3 Å². The minimum absolute atomic E-state index is 0.0681. The van der Waals surface area contributed by atoms with E-state index in [4.69, 9.17) is 4.74 Å². The molecule has 5 nitrogen and oxygen atoms in total. The highest BCUT2D eigenvalue weighted by molar-refractivity contribution is 5.30. The molecule has 0 aliphatic rings. The van der Waals surface area contributed by atoms with Crippen LogP contribution < -0.4 is 4.74 Å². The highest BCUT2D eigenvalue weighted by Gasteiger charge is 2.12. The average Bonchev–Trinajstić information content (AvgIpc) is 2.95. The lowest BCUT2D eigenvalue weighted by Gasteiger charge is -2.09. The Morgan fingerprint density at radius 1 is 1.09 bits per heavy atom. The van der Waals surface area contributed by atoms with Gasteiger partial charge in [0.15, 0.2) is 0 Å². The molecule has 1 aromatic heterocycles. The summed E-state index contributed by atoms with van der Waals surface area (Å²) in [7, 11) is 0. The van der Waals surface area contributed by atoms with Crippen LogP contribution in [0.1, 0.15) is 56.5 Å². The van der Waals surface area contributed by atoms with Crippen LogP contribution in [0.4, 0.5) is 0 Å². The zero-order chi connectivity index (χ0) is 16.5. The SMILES string of the molecule is CCCCCCn1nnc(CO)c1Cc1ccc(OCC)cc1. The quantitative estimate of drug-likeness (QED) is 0.683. The Bertz CT molecular complexity index is 578. The van der Waals surface area contributed by atoms with Gasteiger partial charge in [0.05, 0.1) is 18.9 Å². The number of hydrogen-bond donors (Lipinski definition) is 1. The molecule has 0 aliphatic carbocycles. The van der Waals surface area contributed by atoms with Gasteiger partial charge in [0, 0.05) is 13.0 Å². The van der Waals surface area contributed by atoms with E-state index in [1.807, 2.05) is 23.7 Å². The van der Waals surface area contributed by atoms with E-state index in [1.165, 1.54) is 24.8 Å². The molecule has 23 heavy (non-hydrogen) atoms. The lowest BCUT2D eigenvalue weighted by atomic mass is 10.1. The van der Waals surface area contributed by atoms with Crippen molar-refractivity contribution in [2.24, 2.45) is 0 Å². The summed E-state index contributed by atoms with van der Waals surface area (Å²) in [6.45, 7) is 5.64. The maximum absolute atomic E-state index is 9.50. The topological polar surface area (TPSA) is 60.2 Å². The van der Waals surface area contributed by atoms with Crippen LogP contribution in [0.5, 0.6) is 5.75 Å². The van der Waals surface area contributed by atoms with Crippen LogP contribution in [0, 0.1) is 0 Å². The van der Waals surface area contributed by atoms with Crippen LogP contribution in [0.25, 0.3) is 0 Å². The van der Waals surface area contributed by atoms with E-state index in [1.54, 1.807) is 0 Å². The second-order valence-corrected chi connectivity index (χ2v) is 5.68. The summed E-state index contributed by atoms with van der Waals surface area (Å²) in [4.78, 5) is 0.